The molecular weight excluding hydrogens is 258 g/mol. The van der Waals surface area contributed by atoms with E-state index in [1.54, 1.807) is 7.11 Å². The Morgan fingerprint density at radius 2 is 2.11 bits per heavy atom. The molecular formula is C15H25NO2S. The highest BCUT2D eigenvalue weighted by Gasteiger charge is 2.08. The van der Waals surface area contributed by atoms with Crippen molar-refractivity contribution in [3.05, 3.63) is 23.8 Å². The zero-order valence-electron chi connectivity index (χ0n) is 12.1. The predicted octanol–water partition coefficient (Wildman–Crippen LogP) is 3.11. The van der Waals surface area contributed by atoms with E-state index in [-0.39, 0.29) is 6.04 Å². The van der Waals surface area contributed by atoms with Crippen molar-refractivity contribution in [3.8, 4) is 11.5 Å². The fourth-order valence-electron chi connectivity index (χ4n) is 1.79. The molecule has 0 saturated heterocycles. The van der Waals surface area contributed by atoms with Gasteiger partial charge in [-0.3, -0.25) is 0 Å². The van der Waals surface area contributed by atoms with E-state index in [1.807, 2.05) is 23.9 Å². The van der Waals surface area contributed by atoms with Gasteiger partial charge in [-0.05, 0) is 49.0 Å². The second kappa shape index (κ2) is 9.10. The molecule has 0 radical (unpaired) electrons. The molecule has 0 aliphatic rings. The molecule has 1 aromatic carbocycles. The van der Waals surface area contributed by atoms with Crippen molar-refractivity contribution in [1.82, 2.24) is 0 Å². The topological polar surface area (TPSA) is 44.5 Å². The molecule has 1 atom stereocenters. The third kappa shape index (κ3) is 5.74. The second-order valence-corrected chi connectivity index (χ2v) is 5.54. The summed E-state index contributed by atoms with van der Waals surface area (Å²) in [5.74, 6) is 2.73. The molecule has 108 valence electrons. The first kappa shape index (κ1) is 16.2. The lowest BCUT2D eigenvalue weighted by Gasteiger charge is -2.14. The number of methoxy groups -OCH3 is 1. The number of rotatable bonds is 9. The molecule has 2 N–H and O–H groups in total. The Morgan fingerprint density at radius 1 is 1.32 bits per heavy atom. The summed E-state index contributed by atoms with van der Waals surface area (Å²) in [6, 6.07) is 6.27. The van der Waals surface area contributed by atoms with Crippen LogP contribution in [0.25, 0.3) is 0 Å². The van der Waals surface area contributed by atoms with E-state index in [1.165, 1.54) is 5.56 Å². The van der Waals surface area contributed by atoms with Crippen LogP contribution >= 0.6 is 11.8 Å². The minimum Gasteiger partial charge on any atom is -0.493 e. The van der Waals surface area contributed by atoms with Crippen LogP contribution in [0.3, 0.4) is 0 Å². The van der Waals surface area contributed by atoms with Crippen molar-refractivity contribution >= 4 is 11.8 Å². The maximum Gasteiger partial charge on any atom is 0.161 e. The first-order valence-corrected chi connectivity index (χ1v) is 8.14. The van der Waals surface area contributed by atoms with Crippen LogP contribution in [0.1, 0.15) is 25.3 Å². The molecule has 0 spiro atoms. The van der Waals surface area contributed by atoms with E-state index >= 15 is 0 Å². The molecule has 0 aliphatic carbocycles. The van der Waals surface area contributed by atoms with E-state index in [0.717, 1.165) is 43.1 Å². The largest absolute Gasteiger partial charge is 0.493 e. The quantitative estimate of drug-likeness (QED) is 0.707. The Kier molecular flexibility index (Phi) is 7.75. The number of nitrogens with two attached hydrogens (primary N) is 1. The Morgan fingerprint density at radius 3 is 2.74 bits per heavy atom. The molecule has 1 rings (SSSR count). The highest BCUT2D eigenvalue weighted by Crippen LogP contribution is 2.28. The molecule has 0 amide bonds. The number of benzene rings is 1. The Labute approximate surface area is 120 Å². The Balaban J connectivity index is 2.66. The minimum atomic E-state index is 0.206. The maximum absolute atomic E-state index is 5.99. The molecule has 4 heteroatoms. The van der Waals surface area contributed by atoms with Crippen LogP contribution in [0.15, 0.2) is 18.2 Å². The molecule has 1 unspecified atom stereocenters. The maximum atomic E-state index is 5.99. The van der Waals surface area contributed by atoms with Gasteiger partial charge in [0, 0.05) is 6.04 Å². The van der Waals surface area contributed by atoms with Crippen LogP contribution < -0.4 is 15.2 Å². The van der Waals surface area contributed by atoms with Crippen molar-refractivity contribution in [3.63, 3.8) is 0 Å². The summed E-state index contributed by atoms with van der Waals surface area (Å²) in [4.78, 5) is 0. The molecule has 0 fully saturated rings. The van der Waals surface area contributed by atoms with Crippen molar-refractivity contribution < 1.29 is 9.47 Å². The Hall–Kier alpha value is -0.870. The van der Waals surface area contributed by atoms with Gasteiger partial charge in [-0.1, -0.05) is 13.0 Å². The van der Waals surface area contributed by atoms with Gasteiger partial charge in [0.2, 0.25) is 0 Å². The second-order valence-electron chi connectivity index (χ2n) is 4.55. The first-order valence-electron chi connectivity index (χ1n) is 6.75. The summed E-state index contributed by atoms with van der Waals surface area (Å²) in [5, 5.41) is 0. The highest BCUT2D eigenvalue weighted by atomic mass is 32.2. The molecule has 0 aromatic heterocycles. The highest BCUT2D eigenvalue weighted by molar-refractivity contribution is 7.98. The van der Waals surface area contributed by atoms with Crippen molar-refractivity contribution in [2.75, 3.05) is 25.7 Å². The Bertz CT molecular complexity index is 371. The lowest BCUT2D eigenvalue weighted by molar-refractivity contribution is 0.295. The van der Waals surface area contributed by atoms with Crippen LogP contribution in [-0.2, 0) is 6.42 Å². The number of ether oxygens (including phenoxy) is 2. The van der Waals surface area contributed by atoms with Gasteiger partial charge in [0.05, 0.1) is 13.7 Å². The van der Waals surface area contributed by atoms with Gasteiger partial charge >= 0.3 is 0 Å². The number of hydrogen-bond donors (Lipinski definition) is 1. The molecule has 0 aliphatic heterocycles. The number of thioether (sulfide) groups is 1. The lowest BCUT2D eigenvalue weighted by atomic mass is 10.0. The van der Waals surface area contributed by atoms with Gasteiger partial charge in [0.1, 0.15) is 0 Å². The van der Waals surface area contributed by atoms with Crippen LogP contribution in [0, 0.1) is 0 Å². The smallest absolute Gasteiger partial charge is 0.161 e. The van der Waals surface area contributed by atoms with Gasteiger partial charge in [0.15, 0.2) is 11.5 Å². The summed E-state index contributed by atoms with van der Waals surface area (Å²) < 4.78 is 11.1. The van der Waals surface area contributed by atoms with Crippen LogP contribution in [-0.4, -0.2) is 31.8 Å². The summed E-state index contributed by atoms with van der Waals surface area (Å²) >= 11 is 1.83. The van der Waals surface area contributed by atoms with Crippen molar-refractivity contribution in [2.24, 2.45) is 5.73 Å². The summed E-state index contributed by atoms with van der Waals surface area (Å²) in [6.45, 7) is 2.83. The monoisotopic (exact) mass is 283 g/mol. The van der Waals surface area contributed by atoms with E-state index < -0.39 is 0 Å². The van der Waals surface area contributed by atoms with E-state index in [0.29, 0.717) is 0 Å². The fraction of sp³-hybridized carbons (Fsp3) is 0.600. The zero-order chi connectivity index (χ0) is 14.1. The van der Waals surface area contributed by atoms with Crippen LogP contribution in [0.2, 0.25) is 0 Å². The minimum absolute atomic E-state index is 0.206. The van der Waals surface area contributed by atoms with Gasteiger partial charge in [-0.2, -0.15) is 11.8 Å². The molecule has 3 nitrogen and oxygen atoms in total. The summed E-state index contributed by atoms with van der Waals surface area (Å²) in [6.07, 6.45) is 5.01. The molecule has 0 heterocycles. The van der Waals surface area contributed by atoms with Crippen molar-refractivity contribution in [2.45, 2.75) is 32.2 Å². The van der Waals surface area contributed by atoms with Gasteiger partial charge in [-0.15, -0.1) is 0 Å². The van der Waals surface area contributed by atoms with Gasteiger partial charge < -0.3 is 15.2 Å². The van der Waals surface area contributed by atoms with Crippen LogP contribution in [0.4, 0.5) is 0 Å². The average Bonchev–Trinajstić information content (AvgIpc) is 2.43. The third-order valence-electron chi connectivity index (χ3n) is 3.00. The van der Waals surface area contributed by atoms with Gasteiger partial charge in [-0.25, -0.2) is 0 Å². The normalized spacial score (nSPS) is 12.2. The van der Waals surface area contributed by atoms with Crippen LogP contribution in [0.5, 0.6) is 11.5 Å². The standard InChI is InChI=1S/C15H25NO2S/c1-4-13(16)10-12-6-7-14(17-2)15(11-12)18-8-5-9-19-3/h6-7,11,13H,4-5,8-10,16H2,1-3H3. The molecule has 1 aromatic rings. The predicted molar refractivity (Wildman–Crippen MR) is 83.5 cm³/mol. The van der Waals surface area contributed by atoms with E-state index in [4.69, 9.17) is 15.2 Å². The first-order chi connectivity index (χ1) is 9.21. The average molecular weight is 283 g/mol. The van der Waals surface area contributed by atoms with Crippen molar-refractivity contribution in [1.29, 1.82) is 0 Å². The fourth-order valence-corrected chi connectivity index (χ4v) is 2.20. The van der Waals surface area contributed by atoms with E-state index in [2.05, 4.69) is 19.2 Å². The third-order valence-corrected chi connectivity index (χ3v) is 3.70. The zero-order valence-corrected chi connectivity index (χ0v) is 13.0. The van der Waals surface area contributed by atoms with E-state index in [9.17, 15) is 0 Å². The summed E-state index contributed by atoms with van der Waals surface area (Å²) in [5.41, 5.74) is 7.19. The van der Waals surface area contributed by atoms with Gasteiger partial charge in [0.25, 0.3) is 0 Å². The molecule has 0 saturated carbocycles. The molecule has 19 heavy (non-hydrogen) atoms. The molecule has 0 bridgehead atoms. The SMILES string of the molecule is CCC(N)Cc1ccc(OC)c(OCCCSC)c1. The lowest BCUT2D eigenvalue weighted by Crippen LogP contribution is -2.21. The number of hydrogen-bond acceptors (Lipinski definition) is 4. The summed E-state index contributed by atoms with van der Waals surface area (Å²) in [7, 11) is 1.67.